The van der Waals surface area contributed by atoms with Crippen LogP contribution in [0.15, 0.2) is 53.4 Å². The first-order valence-corrected chi connectivity index (χ1v) is 9.45. The van der Waals surface area contributed by atoms with Gasteiger partial charge in [-0.2, -0.15) is 0 Å². The van der Waals surface area contributed by atoms with Crippen LogP contribution in [-0.2, 0) is 20.9 Å². The number of benzene rings is 2. The van der Waals surface area contributed by atoms with Crippen LogP contribution in [0.3, 0.4) is 0 Å². The van der Waals surface area contributed by atoms with Gasteiger partial charge in [0.2, 0.25) is 0 Å². The van der Waals surface area contributed by atoms with E-state index in [2.05, 4.69) is 4.74 Å². The van der Waals surface area contributed by atoms with Gasteiger partial charge in [-0.1, -0.05) is 35.9 Å². The minimum Gasteiger partial charge on any atom is -0.482 e. The summed E-state index contributed by atoms with van der Waals surface area (Å²) in [6.45, 7) is 0.0128. The number of rotatable bonds is 6. The third-order valence-corrected chi connectivity index (χ3v) is 5.05. The number of halogens is 1. The fourth-order valence-electron chi connectivity index (χ4n) is 2.42. The van der Waals surface area contributed by atoms with Crippen molar-refractivity contribution in [2.24, 2.45) is 0 Å². The van der Waals surface area contributed by atoms with Crippen LogP contribution in [0.25, 0.3) is 6.08 Å². The zero-order valence-corrected chi connectivity index (χ0v) is 16.5. The summed E-state index contributed by atoms with van der Waals surface area (Å²) in [5, 5.41) is 0.279. The first-order chi connectivity index (χ1) is 13.5. The lowest BCUT2D eigenvalue weighted by Crippen LogP contribution is -2.27. The number of nitrogens with zero attached hydrogens (tertiary/aromatic N) is 1. The molecule has 0 saturated carbocycles. The molecule has 0 aliphatic carbocycles. The number of esters is 1. The van der Waals surface area contributed by atoms with Crippen molar-refractivity contribution in [1.82, 2.24) is 4.90 Å². The molecule has 1 aliphatic rings. The van der Waals surface area contributed by atoms with Crippen LogP contribution in [0.5, 0.6) is 5.75 Å². The molecule has 0 bridgehead atoms. The monoisotopic (exact) mass is 417 g/mol. The van der Waals surface area contributed by atoms with Crippen LogP contribution in [-0.4, -0.2) is 35.7 Å². The van der Waals surface area contributed by atoms with Crippen LogP contribution >= 0.6 is 23.4 Å². The molecule has 8 heteroatoms. The van der Waals surface area contributed by atoms with E-state index < -0.39 is 5.97 Å². The quantitative estimate of drug-likeness (QED) is 0.519. The SMILES string of the molecule is COC(=O)COc1ccc(/C=C2\SC(=O)N(Cc3ccc(Cl)cc3)C2=O)cc1. The van der Waals surface area contributed by atoms with Crippen molar-refractivity contribution in [3.63, 3.8) is 0 Å². The van der Waals surface area contributed by atoms with Gasteiger partial charge in [-0.25, -0.2) is 4.79 Å². The maximum absolute atomic E-state index is 12.6. The van der Waals surface area contributed by atoms with E-state index in [4.69, 9.17) is 16.3 Å². The largest absolute Gasteiger partial charge is 0.482 e. The number of hydrogen-bond acceptors (Lipinski definition) is 6. The van der Waals surface area contributed by atoms with Crippen LogP contribution in [0.4, 0.5) is 4.79 Å². The molecule has 2 amide bonds. The summed E-state index contributed by atoms with van der Waals surface area (Å²) in [6.07, 6.45) is 1.65. The topological polar surface area (TPSA) is 72.9 Å². The van der Waals surface area contributed by atoms with Crippen molar-refractivity contribution >= 4 is 46.6 Å². The number of hydrogen-bond donors (Lipinski definition) is 0. The van der Waals surface area contributed by atoms with Crippen molar-refractivity contribution in [1.29, 1.82) is 0 Å². The van der Waals surface area contributed by atoms with Gasteiger partial charge in [-0.05, 0) is 53.2 Å². The third-order valence-electron chi connectivity index (χ3n) is 3.89. The first-order valence-electron chi connectivity index (χ1n) is 8.26. The molecule has 144 valence electrons. The van der Waals surface area contributed by atoms with Gasteiger partial charge in [-0.3, -0.25) is 14.5 Å². The molecule has 2 aromatic carbocycles. The number of carbonyl (C=O) groups is 3. The minimum atomic E-state index is -0.474. The zero-order valence-electron chi connectivity index (χ0n) is 14.9. The van der Waals surface area contributed by atoms with Gasteiger partial charge in [-0.15, -0.1) is 0 Å². The fraction of sp³-hybridized carbons (Fsp3) is 0.150. The lowest BCUT2D eigenvalue weighted by Gasteiger charge is -2.12. The number of ether oxygens (including phenoxy) is 2. The predicted molar refractivity (Wildman–Crippen MR) is 107 cm³/mol. The van der Waals surface area contributed by atoms with Crippen molar-refractivity contribution < 1.29 is 23.9 Å². The smallest absolute Gasteiger partial charge is 0.343 e. The average molecular weight is 418 g/mol. The molecular weight excluding hydrogens is 402 g/mol. The number of carbonyl (C=O) groups excluding carboxylic acids is 3. The normalized spacial score (nSPS) is 15.2. The Bertz CT molecular complexity index is 925. The Labute approximate surface area is 171 Å². The van der Waals surface area contributed by atoms with Gasteiger partial charge in [0.05, 0.1) is 18.6 Å². The second kappa shape index (κ2) is 8.95. The summed E-state index contributed by atoms with van der Waals surface area (Å²) in [7, 11) is 1.29. The lowest BCUT2D eigenvalue weighted by atomic mass is 10.2. The van der Waals surface area contributed by atoms with Gasteiger partial charge in [0, 0.05) is 5.02 Å². The molecule has 0 atom stereocenters. The molecule has 1 saturated heterocycles. The molecular formula is C20H16ClNO5S. The van der Waals surface area contributed by atoms with E-state index in [1.807, 2.05) is 0 Å². The van der Waals surface area contributed by atoms with Crippen molar-refractivity contribution in [2.75, 3.05) is 13.7 Å². The zero-order chi connectivity index (χ0) is 20.1. The Morgan fingerprint density at radius 1 is 1.11 bits per heavy atom. The van der Waals surface area contributed by atoms with E-state index in [-0.39, 0.29) is 24.3 Å². The highest BCUT2D eigenvalue weighted by Crippen LogP contribution is 2.33. The average Bonchev–Trinajstić information content (AvgIpc) is 2.96. The summed E-state index contributed by atoms with van der Waals surface area (Å²) in [6, 6.07) is 13.8. The Kier molecular flexibility index (Phi) is 6.38. The van der Waals surface area contributed by atoms with Gasteiger partial charge >= 0.3 is 5.97 Å². The summed E-state index contributed by atoms with van der Waals surface area (Å²) in [5.74, 6) is -0.312. The maximum atomic E-state index is 12.6. The maximum Gasteiger partial charge on any atom is 0.343 e. The summed E-state index contributed by atoms with van der Waals surface area (Å²) in [4.78, 5) is 37.4. The lowest BCUT2D eigenvalue weighted by molar-refractivity contribution is -0.142. The highest BCUT2D eigenvalue weighted by atomic mass is 35.5. The third kappa shape index (κ3) is 4.94. The first kappa shape index (κ1) is 20.0. The summed E-state index contributed by atoms with van der Waals surface area (Å²) >= 11 is 6.76. The van der Waals surface area contributed by atoms with E-state index in [0.717, 1.165) is 22.9 Å². The van der Waals surface area contributed by atoms with Gasteiger partial charge in [0.15, 0.2) is 6.61 Å². The second-order valence-electron chi connectivity index (χ2n) is 5.83. The van der Waals surface area contributed by atoms with E-state index in [0.29, 0.717) is 15.7 Å². The van der Waals surface area contributed by atoms with Crippen molar-refractivity contribution in [2.45, 2.75) is 6.54 Å². The number of imide groups is 1. The second-order valence-corrected chi connectivity index (χ2v) is 7.26. The molecule has 0 spiro atoms. The van der Waals surface area contributed by atoms with E-state index in [1.165, 1.54) is 12.0 Å². The summed E-state index contributed by atoms with van der Waals surface area (Å²) in [5.41, 5.74) is 1.56. The molecule has 0 unspecified atom stereocenters. The molecule has 0 N–H and O–H groups in total. The Morgan fingerprint density at radius 3 is 2.43 bits per heavy atom. The Balaban J connectivity index is 1.67. The molecule has 0 radical (unpaired) electrons. The van der Waals surface area contributed by atoms with Crippen LogP contribution in [0.1, 0.15) is 11.1 Å². The minimum absolute atomic E-state index is 0.181. The Hall–Kier alpha value is -2.77. The van der Waals surface area contributed by atoms with Crippen molar-refractivity contribution in [3.05, 3.63) is 69.6 Å². The van der Waals surface area contributed by atoms with Crippen molar-refractivity contribution in [3.8, 4) is 5.75 Å². The van der Waals surface area contributed by atoms with E-state index in [9.17, 15) is 14.4 Å². The number of amides is 2. The molecule has 1 aliphatic heterocycles. The number of methoxy groups -OCH3 is 1. The molecule has 0 aromatic heterocycles. The molecule has 6 nitrogen and oxygen atoms in total. The molecule has 1 heterocycles. The van der Waals surface area contributed by atoms with Crippen LogP contribution in [0.2, 0.25) is 5.02 Å². The molecule has 2 aromatic rings. The van der Waals surface area contributed by atoms with Gasteiger partial charge < -0.3 is 9.47 Å². The molecule has 28 heavy (non-hydrogen) atoms. The highest BCUT2D eigenvalue weighted by Gasteiger charge is 2.34. The van der Waals surface area contributed by atoms with E-state index in [1.54, 1.807) is 54.6 Å². The van der Waals surface area contributed by atoms with Crippen LogP contribution < -0.4 is 4.74 Å². The van der Waals surface area contributed by atoms with Gasteiger partial charge in [0.25, 0.3) is 11.1 Å². The predicted octanol–water partition coefficient (Wildman–Crippen LogP) is 4.13. The van der Waals surface area contributed by atoms with Crippen LogP contribution in [0, 0.1) is 0 Å². The van der Waals surface area contributed by atoms with E-state index >= 15 is 0 Å². The standard InChI is InChI=1S/C20H16ClNO5S/c1-26-18(23)12-27-16-8-4-13(5-9-16)10-17-19(24)22(20(25)28-17)11-14-2-6-15(21)7-3-14/h2-10H,11-12H2,1H3/b17-10-. The van der Waals surface area contributed by atoms with Gasteiger partial charge in [0.1, 0.15) is 5.75 Å². The molecule has 1 fully saturated rings. The fourth-order valence-corrected chi connectivity index (χ4v) is 3.39. The Morgan fingerprint density at radius 2 is 1.79 bits per heavy atom. The number of thioether (sulfide) groups is 1. The summed E-state index contributed by atoms with van der Waals surface area (Å²) < 4.78 is 9.78. The molecule has 3 rings (SSSR count). The highest BCUT2D eigenvalue weighted by molar-refractivity contribution is 8.18.